The number of pyridine rings is 1. The summed E-state index contributed by atoms with van der Waals surface area (Å²) in [6.45, 7) is 9.20. The second kappa shape index (κ2) is 13.7. The van der Waals surface area contributed by atoms with Gasteiger partial charge in [0, 0.05) is 31.4 Å². The molecule has 1 fully saturated rings. The molecule has 2 N–H and O–H groups in total. The molecule has 1 saturated heterocycles. The molecule has 2 amide bonds. The molecule has 5 rings (SSSR count). The molecule has 0 aliphatic carbocycles. The van der Waals surface area contributed by atoms with Crippen molar-refractivity contribution in [2.75, 3.05) is 30.8 Å². The maximum absolute atomic E-state index is 13.7. The van der Waals surface area contributed by atoms with Crippen molar-refractivity contribution in [1.82, 2.24) is 9.88 Å². The van der Waals surface area contributed by atoms with Gasteiger partial charge in [-0.2, -0.15) is 0 Å². The number of ether oxygens (including phenoxy) is 2. The number of carbonyl (C=O) groups excluding carboxylic acids is 2. The molecule has 1 aliphatic heterocycles. The molecule has 8 heteroatoms. The van der Waals surface area contributed by atoms with Gasteiger partial charge in [-0.25, -0.2) is 0 Å². The Labute approximate surface area is 259 Å². The highest BCUT2D eigenvalue weighted by molar-refractivity contribution is 6.10. The third-order valence-electron chi connectivity index (χ3n) is 7.84. The van der Waals surface area contributed by atoms with Crippen LogP contribution in [0.2, 0.25) is 0 Å². The zero-order valence-electron chi connectivity index (χ0n) is 25.8. The Kier molecular flexibility index (Phi) is 9.60. The van der Waals surface area contributed by atoms with Gasteiger partial charge in [0.25, 0.3) is 11.8 Å². The molecule has 3 aromatic carbocycles. The number of methoxy groups -OCH3 is 1. The average Bonchev–Trinajstić information content (AvgIpc) is 3.03. The second-order valence-corrected chi connectivity index (χ2v) is 12.1. The van der Waals surface area contributed by atoms with Gasteiger partial charge in [0.2, 0.25) is 0 Å². The van der Waals surface area contributed by atoms with Gasteiger partial charge in [0.1, 0.15) is 17.6 Å². The van der Waals surface area contributed by atoms with Crippen molar-refractivity contribution >= 4 is 23.2 Å². The van der Waals surface area contributed by atoms with Crippen LogP contribution in [0.25, 0.3) is 0 Å². The SMILES string of the molecule is COc1ccc(C(=O)Nc2cnccc2NC(=O)c2ccc(C(C)(C)C)cc2OC2CCN(Cc3ccccc3)CC2)cc1. The molecule has 0 radical (unpaired) electrons. The number of likely N-dealkylation sites (tertiary alicyclic amines) is 1. The summed E-state index contributed by atoms with van der Waals surface area (Å²) >= 11 is 0. The van der Waals surface area contributed by atoms with Crippen molar-refractivity contribution in [2.24, 2.45) is 0 Å². The Morgan fingerprint density at radius 3 is 2.27 bits per heavy atom. The first kappa shape index (κ1) is 30.8. The minimum atomic E-state index is -0.326. The van der Waals surface area contributed by atoms with Gasteiger partial charge in [0.05, 0.1) is 30.2 Å². The van der Waals surface area contributed by atoms with Crippen molar-refractivity contribution in [1.29, 1.82) is 0 Å². The molecule has 8 nitrogen and oxygen atoms in total. The molecule has 0 saturated carbocycles. The Hall–Kier alpha value is -4.69. The molecule has 4 aromatic rings. The molecular formula is C36H40N4O4. The molecule has 0 atom stereocenters. The van der Waals surface area contributed by atoms with E-state index in [-0.39, 0.29) is 23.3 Å². The minimum Gasteiger partial charge on any atom is -0.497 e. The molecule has 2 heterocycles. The van der Waals surface area contributed by atoms with E-state index in [1.165, 1.54) is 11.8 Å². The lowest BCUT2D eigenvalue weighted by Gasteiger charge is -2.33. The van der Waals surface area contributed by atoms with Crippen LogP contribution in [0, 0.1) is 0 Å². The lowest BCUT2D eigenvalue weighted by molar-refractivity contribution is 0.0922. The van der Waals surface area contributed by atoms with Gasteiger partial charge in [0.15, 0.2) is 0 Å². The summed E-state index contributed by atoms with van der Waals surface area (Å²) in [7, 11) is 1.57. The number of carbonyl (C=O) groups is 2. The average molecular weight is 593 g/mol. The summed E-state index contributed by atoms with van der Waals surface area (Å²) in [6.07, 6.45) is 4.84. The summed E-state index contributed by atoms with van der Waals surface area (Å²) in [5.41, 5.74) is 3.99. The number of hydrogen-bond acceptors (Lipinski definition) is 6. The summed E-state index contributed by atoms with van der Waals surface area (Å²) in [6, 6.07) is 24.7. The van der Waals surface area contributed by atoms with Crippen LogP contribution in [0.3, 0.4) is 0 Å². The number of piperidine rings is 1. The fraction of sp³-hybridized carbons (Fsp3) is 0.306. The third kappa shape index (κ3) is 7.82. The Bertz CT molecular complexity index is 1570. The highest BCUT2D eigenvalue weighted by Crippen LogP contribution is 2.32. The standard InChI is InChI=1S/C36H40N4O4/c1-36(2,3)27-12-15-30(33(22-27)44-29-17-20-40(21-18-29)24-25-8-6-5-7-9-25)35(42)38-31-16-19-37-23-32(31)39-34(41)26-10-13-28(43-4)14-11-26/h5-16,19,22-23,29H,17-18,20-21,24H2,1-4H3,(H,39,41)(H,37,38,42). The summed E-state index contributed by atoms with van der Waals surface area (Å²) < 4.78 is 11.8. The highest BCUT2D eigenvalue weighted by Gasteiger charge is 2.25. The summed E-state index contributed by atoms with van der Waals surface area (Å²) in [5.74, 6) is 0.569. The van der Waals surface area contributed by atoms with E-state index in [0.717, 1.165) is 38.0 Å². The zero-order valence-corrected chi connectivity index (χ0v) is 25.8. The second-order valence-electron chi connectivity index (χ2n) is 12.1. The summed E-state index contributed by atoms with van der Waals surface area (Å²) in [5, 5.41) is 5.83. The highest BCUT2D eigenvalue weighted by atomic mass is 16.5. The molecule has 1 aliphatic rings. The van der Waals surface area contributed by atoms with Gasteiger partial charge in [-0.3, -0.25) is 19.5 Å². The van der Waals surface area contributed by atoms with Crippen LogP contribution in [-0.2, 0) is 12.0 Å². The quantitative estimate of drug-likeness (QED) is 0.219. The van der Waals surface area contributed by atoms with E-state index >= 15 is 0 Å². The van der Waals surface area contributed by atoms with Crippen molar-refractivity contribution in [3.63, 3.8) is 0 Å². The Balaban J connectivity index is 1.30. The van der Waals surface area contributed by atoms with E-state index in [2.05, 4.69) is 65.6 Å². The number of aromatic nitrogens is 1. The molecule has 0 unspecified atom stereocenters. The monoisotopic (exact) mass is 592 g/mol. The van der Waals surface area contributed by atoms with Gasteiger partial charge >= 0.3 is 0 Å². The van der Waals surface area contributed by atoms with E-state index in [1.807, 2.05) is 24.3 Å². The number of benzene rings is 3. The lowest BCUT2D eigenvalue weighted by atomic mass is 9.86. The first-order valence-electron chi connectivity index (χ1n) is 15.0. The van der Waals surface area contributed by atoms with E-state index in [0.29, 0.717) is 34.0 Å². The molecule has 44 heavy (non-hydrogen) atoms. The van der Waals surface area contributed by atoms with Crippen molar-refractivity contribution < 1.29 is 19.1 Å². The molecular weight excluding hydrogens is 552 g/mol. The predicted octanol–water partition coefficient (Wildman–Crippen LogP) is 6.94. The van der Waals surface area contributed by atoms with Gasteiger partial charge in [-0.1, -0.05) is 57.2 Å². The van der Waals surface area contributed by atoms with Crippen LogP contribution in [0.4, 0.5) is 11.4 Å². The van der Waals surface area contributed by atoms with Gasteiger partial charge in [-0.05, 0) is 71.8 Å². The lowest BCUT2D eigenvalue weighted by Crippen LogP contribution is -2.38. The molecule has 0 bridgehead atoms. The smallest absolute Gasteiger partial charge is 0.259 e. The van der Waals surface area contributed by atoms with E-state index in [9.17, 15) is 9.59 Å². The fourth-order valence-electron chi connectivity index (χ4n) is 5.21. The van der Waals surface area contributed by atoms with Crippen LogP contribution in [0.15, 0.2) is 91.3 Å². The number of anilines is 2. The predicted molar refractivity (Wildman–Crippen MR) is 174 cm³/mol. The fourth-order valence-corrected chi connectivity index (χ4v) is 5.21. The van der Waals surface area contributed by atoms with E-state index in [4.69, 9.17) is 9.47 Å². The van der Waals surface area contributed by atoms with Gasteiger partial charge < -0.3 is 20.1 Å². The van der Waals surface area contributed by atoms with Crippen LogP contribution < -0.4 is 20.1 Å². The number of rotatable bonds is 9. The number of nitrogens with zero attached hydrogens (tertiary/aromatic N) is 2. The first-order valence-corrected chi connectivity index (χ1v) is 15.0. The maximum Gasteiger partial charge on any atom is 0.259 e. The first-order chi connectivity index (χ1) is 21.2. The normalized spacial score (nSPS) is 14.1. The number of nitrogens with one attached hydrogen (secondary N) is 2. The maximum atomic E-state index is 13.7. The van der Waals surface area contributed by atoms with Crippen LogP contribution in [-0.4, -0.2) is 48.0 Å². The van der Waals surface area contributed by atoms with Crippen molar-refractivity contribution in [3.8, 4) is 11.5 Å². The minimum absolute atomic E-state index is 0.00376. The van der Waals surface area contributed by atoms with Crippen LogP contribution in [0.5, 0.6) is 11.5 Å². The Morgan fingerprint density at radius 2 is 1.59 bits per heavy atom. The van der Waals surface area contributed by atoms with Gasteiger partial charge in [-0.15, -0.1) is 0 Å². The van der Waals surface area contributed by atoms with Crippen LogP contribution >= 0.6 is 0 Å². The van der Waals surface area contributed by atoms with E-state index in [1.54, 1.807) is 43.6 Å². The largest absolute Gasteiger partial charge is 0.497 e. The summed E-state index contributed by atoms with van der Waals surface area (Å²) in [4.78, 5) is 33.3. The Morgan fingerprint density at radius 1 is 0.886 bits per heavy atom. The number of amides is 2. The molecule has 0 spiro atoms. The molecule has 1 aromatic heterocycles. The number of hydrogen-bond donors (Lipinski definition) is 2. The zero-order chi connectivity index (χ0) is 31.1. The van der Waals surface area contributed by atoms with Crippen LogP contribution in [0.1, 0.15) is 65.5 Å². The van der Waals surface area contributed by atoms with Crippen molar-refractivity contribution in [2.45, 2.75) is 51.7 Å². The topological polar surface area (TPSA) is 92.8 Å². The van der Waals surface area contributed by atoms with E-state index < -0.39 is 0 Å². The third-order valence-corrected chi connectivity index (χ3v) is 7.84. The van der Waals surface area contributed by atoms with Crippen molar-refractivity contribution in [3.05, 3.63) is 114 Å². The molecule has 228 valence electrons.